The number of nitrogens with one attached hydrogen (secondary N) is 1. The first-order valence-electron chi connectivity index (χ1n) is 9.07. The molecule has 2 heterocycles. The van der Waals surface area contributed by atoms with Gasteiger partial charge >= 0.3 is 0 Å². The van der Waals surface area contributed by atoms with Crippen LogP contribution in [0.15, 0.2) is 46.6 Å². The number of rotatable bonds is 2. The van der Waals surface area contributed by atoms with Gasteiger partial charge in [0, 0.05) is 41.8 Å². The molecule has 0 saturated carbocycles. The van der Waals surface area contributed by atoms with Crippen LogP contribution in [0.3, 0.4) is 0 Å². The fourth-order valence-electron chi connectivity index (χ4n) is 2.81. The summed E-state index contributed by atoms with van der Waals surface area (Å²) < 4.78 is 5.45. The lowest BCUT2D eigenvalue weighted by Crippen LogP contribution is -2.36. The van der Waals surface area contributed by atoms with Crippen LogP contribution in [0, 0.1) is 12.0 Å². The molecule has 3 N–H and O–H groups in total. The average Bonchev–Trinajstić information content (AvgIpc) is 3.12. The second-order valence-corrected chi connectivity index (χ2v) is 5.73. The van der Waals surface area contributed by atoms with Crippen LogP contribution in [0.2, 0.25) is 0 Å². The molecule has 0 bridgehead atoms. The molecule has 0 radical (unpaired) electrons. The third-order valence-corrected chi connectivity index (χ3v) is 4.17. The summed E-state index contributed by atoms with van der Waals surface area (Å²) in [5.41, 5.74) is 10.9. The van der Waals surface area contributed by atoms with Crippen LogP contribution < -0.4 is 11.1 Å². The Kier molecular flexibility index (Phi) is 7.31. The summed E-state index contributed by atoms with van der Waals surface area (Å²) in [6.45, 7) is 11.2. The molecule has 0 aliphatic carbocycles. The fraction of sp³-hybridized carbons (Fsp3) is 0.381. The van der Waals surface area contributed by atoms with E-state index in [1.807, 2.05) is 38.1 Å². The topological polar surface area (TPSA) is 62.9 Å². The van der Waals surface area contributed by atoms with E-state index in [9.17, 15) is 0 Å². The zero-order valence-corrected chi connectivity index (χ0v) is 16.1. The normalized spacial score (nSPS) is 19.6. The summed E-state index contributed by atoms with van der Waals surface area (Å²) >= 11 is 0. The molecule has 0 atom stereocenters. The highest BCUT2D eigenvalue weighted by atomic mass is 16.5. The van der Waals surface area contributed by atoms with Crippen molar-refractivity contribution in [3.8, 4) is 12.0 Å². The largest absolute Gasteiger partial charge is 0.399 e. The molecule has 0 aromatic heterocycles. The van der Waals surface area contributed by atoms with Gasteiger partial charge in [0.1, 0.15) is 5.84 Å². The minimum atomic E-state index is 0.753. The van der Waals surface area contributed by atoms with Crippen LogP contribution in [0.1, 0.15) is 33.3 Å². The molecule has 1 saturated heterocycles. The molecule has 1 fully saturated rings. The third kappa shape index (κ3) is 4.68. The van der Waals surface area contributed by atoms with E-state index < -0.39 is 0 Å². The lowest BCUT2D eigenvalue weighted by Gasteiger charge is -2.30. The van der Waals surface area contributed by atoms with Crippen molar-refractivity contribution in [2.45, 2.75) is 27.7 Å². The molecular formula is C21H28N4O. The number of nitrogen functional groups attached to an aromatic ring is 1. The standard InChI is InChI=1S/C19H22N4O.C2H6/c1-3-8-21-19-17(14(2)23-9-11-24-12-10-23)13-18(22-19)15-4-6-16(20)7-5-15;1-2/h4-7,13H,9-12,20H2,1-2H3,(H,21,22);1-2H3/b17-14+;. The van der Waals surface area contributed by atoms with E-state index in [1.54, 1.807) is 6.92 Å². The smallest absolute Gasteiger partial charge is 0.149 e. The Hall–Kier alpha value is -2.71. The van der Waals surface area contributed by atoms with Crippen molar-refractivity contribution >= 4 is 17.2 Å². The Morgan fingerprint density at radius 2 is 1.85 bits per heavy atom. The van der Waals surface area contributed by atoms with Crippen LogP contribution in [0.4, 0.5) is 5.69 Å². The zero-order chi connectivity index (χ0) is 18.9. The van der Waals surface area contributed by atoms with Crippen molar-refractivity contribution in [3.63, 3.8) is 0 Å². The minimum Gasteiger partial charge on any atom is -0.399 e. The van der Waals surface area contributed by atoms with Crippen LogP contribution >= 0.6 is 0 Å². The lowest BCUT2D eigenvalue weighted by atomic mass is 10.1. The SMILES string of the molecule is CC.CC#CN=C1NC(c2ccc(N)cc2)=C/C1=C(/C)N1CCOCC1. The van der Waals surface area contributed by atoms with Gasteiger partial charge in [0.15, 0.2) is 0 Å². The van der Waals surface area contributed by atoms with Gasteiger partial charge in [0.25, 0.3) is 0 Å². The zero-order valence-electron chi connectivity index (χ0n) is 16.1. The molecule has 1 aromatic rings. The van der Waals surface area contributed by atoms with E-state index in [2.05, 4.69) is 40.2 Å². The number of ether oxygens (including phenoxy) is 1. The number of hydrogen-bond acceptors (Lipinski definition) is 4. The second-order valence-electron chi connectivity index (χ2n) is 5.73. The summed E-state index contributed by atoms with van der Waals surface area (Å²) in [6, 6.07) is 10.6. The van der Waals surface area contributed by atoms with Gasteiger partial charge in [0.2, 0.25) is 0 Å². The van der Waals surface area contributed by atoms with Crippen LogP contribution in [-0.2, 0) is 4.74 Å². The Morgan fingerprint density at radius 3 is 2.46 bits per heavy atom. The van der Waals surface area contributed by atoms with Gasteiger partial charge in [-0.05, 0) is 37.6 Å². The van der Waals surface area contributed by atoms with Crippen molar-refractivity contribution in [2.75, 3.05) is 32.0 Å². The fourth-order valence-corrected chi connectivity index (χ4v) is 2.81. The molecule has 0 unspecified atom stereocenters. The van der Waals surface area contributed by atoms with Gasteiger partial charge in [-0.15, -0.1) is 0 Å². The molecule has 5 nitrogen and oxygen atoms in total. The number of morpholine rings is 1. The van der Waals surface area contributed by atoms with Crippen molar-refractivity contribution in [2.24, 2.45) is 4.99 Å². The van der Waals surface area contributed by atoms with E-state index in [0.29, 0.717) is 0 Å². The number of allylic oxidation sites excluding steroid dienone is 1. The van der Waals surface area contributed by atoms with E-state index in [0.717, 1.165) is 54.7 Å². The molecule has 26 heavy (non-hydrogen) atoms. The Labute approximate surface area is 156 Å². The Morgan fingerprint density at radius 1 is 1.19 bits per heavy atom. The number of nitrogens with two attached hydrogens (primary N) is 1. The molecule has 3 rings (SSSR count). The van der Waals surface area contributed by atoms with Crippen molar-refractivity contribution in [1.82, 2.24) is 10.2 Å². The Bertz CT molecular complexity index is 757. The first-order valence-corrected chi connectivity index (χ1v) is 9.07. The predicted octanol–water partition coefficient (Wildman–Crippen LogP) is 3.22. The van der Waals surface area contributed by atoms with E-state index in [1.165, 1.54) is 5.70 Å². The number of aliphatic imine (C=N–C) groups is 1. The maximum atomic E-state index is 5.78. The van der Waals surface area contributed by atoms with Gasteiger partial charge in [-0.3, -0.25) is 0 Å². The lowest BCUT2D eigenvalue weighted by molar-refractivity contribution is 0.0536. The van der Waals surface area contributed by atoms with Gasteiger partial charge in [-0.1, -0.05) is 31.9 Å². The summed E-state index contributed by atoms with van der Waals surface area (Å²) in [4.78, 5) is 6.72. The molecule has 2 aliphatic heterocycles. The number of anilines is 1. The summed E-state index contributed by atoms with van der Waals surface area (Å²) in [5.74, 6) is 3.61. The molecular weight excluding hydrogens is 324 g/mol. The summed E-state index contributed by atoms with van der Waals surface area (Å²) in [6.07, 6.45) is 2.13. The second kappa shape index (κ2) is 9.69. The number of amidine groups is 1. The minimum absolute atomic E-state index is 0.753. The maximum Gasteiger partial charge on any atom is 0.149 e. The van der Waals surface area contributed by atoms with E-state index in [-0.39, 0.29) is 0 Å². The quantitative estimate of drug-likeness (QED) is 0.634. The highest BCUT2D eigenvalue weighted by molar-refractivity contribution is 6.12. The molecule has 5 heteroatoms. The van der Waals surface area contributed by atoms with Crippen molar-refractivity contribution in [3.05, 3.63) is 47.2 Å². The third-order valence-electron chi connectivity index (χ3n) is 4.17. The molecule has 2 aliphatic rings. The molecule has 1 aromatic carbocycles. The highest BCUT2D eigenvalue weighted by Gasteiger charge is 2.22. The van der Waals surface area contributed by atoms with E-state index >= 15 is 0 Å². The van der Waals surface area contributed by atoms with Gasteiger partial charge in [-0.2, -0.15) is 4.99 Å². The molecule has 0 spiro atoms. The van der Waals surface area contributed by atoms with Crippen molar-refractivity contribution in [1.29, 1.82) is 0 Å². The monoisotopic (exact) mass is 352 g/mol. The average molecular weight is 352 g/mol. The van der Waals surface area contributed by atoms with Crippen LogP contribution in [-0.4, -0.2) is 37.0 Å². The predicted molar refractivity (Wildman–Crippen MR) is 109 cm³/mol. The number of nitrogens with zero attached hydrogens (tertiary/aromatic N) is 2. The number of hydrogen-bond donors (Lipinski definition) is 2. The van der Waals surface area contributed by atoms with E-state index in [4.69, 9.17) is 10.5 Å². The first-order chi connectivity index (χ1) is 12.7. The van der Waals surface area contributed by atoms with Crippen LogP contribution in [0.5, 0.6) is 0 Å². The van der Waals surface area contributed by atoms with Crippen LogP contribution in [0.25, 0.3) is 5.70 Å². The first kappa shape index (κ1) is 19.6. The summed E-state index contributed by atoms with van der Waals surface area (Å²) in [5, 5.41) is 3.38. The molecule has 0 amide bonds. The number of benzene rings is 1. The van der Waals surface area contributed by atoms with Gasteiger partial charge in [-0.25, -0.2) is 0 Å². The van der Waals surface area contributed by atoms with Crippen molar-refractivity contribution < 1.29 is 4.74 Å². The summed E-state index contributed by atoms with van der Waals surface area (Å²) in [7, 11) is 0. The highest BCUT2D eigenvalue weighted by Crippen LogP contribution is 2.25. The Balaban J connectivity index is 0.00000117. The van der Waals surface area contributed by atoms with Gasteiger partial charge in [0.05, 0.1) is 13.2 Å². The van der Waals surface area contributed by atoms with Gasteiger partial charge < -0.3 is 20.7 Å². The molecule has 138 valence electrons. The maximum absolute atomic E-state index is 5.78.